The van der Waals surface area contributed by atoms with Crippen LogP contribution in [0.5, 0.6) is 0 Å². The molecule has 0 heterocycles. The van der Waals surface area contributed by atoms with E-state index in [2.05, 4.69) is 5.32 Å². The molecule has 0 spiro atoms. The lowest BCUT2D eigenvalue weighted by Crippen LogP contribution is -2.53. The van der Waals surface area contributed by atoms with Crippen molar-refractivity contribution in [2.45, 2.75) is 62.6 Å². The number of halogens is 1. The third kappa shape index (κ3) is 7.40. The Hall–Kier alpha value is -3.36. The molecule has 206 valence electrons. The molecule has 0 aromatic heterocycles. The largest absolute Gasteiger partial charge is 0.352 e. The van der Waals surface area contributed by atoms with E-state index in [4.69, 9.17) is 11.6 Å². The van der Waals surface area contributed by atoms with Gasteiger partial charge in [0.2, 0.25) is 11.8 Å². The van der Waals surface area contributed by atoms with Crippen molar-refractivity contribution in [1.29, 1.82) is 0 Å². The number of sulfonamides is 1. The van der Waals surface area contributed by atoms with Crippen molar-refractivity contribution in [2.24, 2.45) is 0 Å². The molecule has 9 heteroatoms. The number of carbonyl (C=O) groups excluding carboxylic acids is 2. The van der Waals surface area contributed by atoms with Crippen LogP contribution >= 0.6 is 11.6 Å². The van der Waals surface area contributed by atoms with Gasteiger partial charge in [0.1, 0.15) is 12.6 Å². The molecule has 4 rings (SSSR count). The molecule has 0 saturated heterocycles. The van der Waals surface area contributed by atoms with Gasteiger partial charge in [-0.2, -0.15) is 0 Å². The highest BCUT2D eigenvalue weighted by molar-refractivity contribution is 7.92. The topological polar surface area (TPSA) is 86.8 Å². The maximum Gasteiger partial charge on any atom is 0.264 e. The first-order valence-corrected chi connectivity index (χ1v) is 15.0. The monoisotopic (exact) mass is 567 g/mol. The van der Waals surface area contributed by atoms with Gasteiger partial charge in [-0.15, -0.1) is 0 Å². The summed E-state index contributed by atoms with van der Waals surface area (Å²) in [6, 6.07) is 23.0. The van der Waals surface area contributed by atoms with E-state index in [1.807, 2.05) is 30.3 Å². The van der Waals surface area contributed by atoms with Crippen molar-refractivity contribution in [3.63, 3.8) is 0 Å². The first kappa shape index (κ1) is 28.6. The summed E-state index contributed by atoms with van der Waals surface area (Å²) in [7, 11) is -4.11. The molecule has 1 unspecified atom stereocenters. The molecule has 1 saturated carbocycles. The van der Waals surface area contributed by atoms with E-state index in [1.165, 1.54) is 29.2 Å². The van der Waals surface area contributed by atoms with Crippen molar-refractivity contribution in [3.8, 4) is 0 Å². The number of benzene rings is 3. The van der Waals surface area contributed by atoms with Gasteiger partial charge >= 0.3 is 0 Å². The predicted molar refractivity (Wildman–Crippen MR) is 154 cm³/mol. The van der Waals surface area contributed by atoms with Crippen molar-refractivity contribution in [3.05, 3.63) is 95.5 Å². The molecule has 0 bridgehead atoms. The number of hydrogen-bond donors (Lipinski definition) is 1. The van der Waals surface area contributed by atoms with Crippen LogP contribution in [0.15, 0.2) is 89.8 Å². The van der Waals surface area contributed by atoms with Crippen LogP contribution in [0.3, 0.4) is 0 Å². The minimum absolute atomic E-state index is 0.0150. The molecule has 1 aliphatic carbocycles. The highest BCUT2D eigenvalue weighted by atomic mass is 35.5. The van der Waals surface area contributed by atoms with E-state index < -0.39 is 28.5 Å². The van der Waals surface area contributed by atoms with Crippen LogP contribution in [0.1, 0.15) is 44.6 Å². The number of hydrogen-bond acceptors (Lipinski definition) is 4. The summed E-state index contributed by atoms with van der Waals surface area (Å²) in [6.07, 6.45) is 5.15. The third-order valence-corrected chi connectivity index (χ3v) is 9.08. The number of anilines is 1. The number of nitrogens with zero attached hydrogens (tertiary/aromatic N) is 2. The quantitative estimate of drug-likeness (QED) is 0.355. The fourth-order valence-corrected chi connectivity index (χ4v) is 6.33. The fourth-order valence-electron chi connectivity index (χ4n) is 4.79. The van der Waals surface area contributed by atoms with Gasteiger partial charge in [-0.25, -0.2) is 8.42 Å². The molecule has 1 aliphatic rings. The molecule has 1 atom stereocenters. The van der Waals surface area contributed by atoms with E-state index in [1.54, 1.807) is 37.3 Å². The van der Waals surface area contributed by atoms with Gasteiger partial charge in [-0.05, 0) is 61.7 Å². The minimum atomic E-state index is -4.11. The smallest absolute Gasteiger partial charge is 0.264 e. The molecular formula is C30H34ClN3O4S. The van der Waals surface area contributed by atoms with Crippen molar-refractivity contribution < 1.29 is 18.0 Å². The van der Waals surface area contributed by atoms with Gasteiger partial charge in [0.25, 0.3) is 10.0 Å². The minimum Gasteiger partial charge on any atom is -0.352 e. The molecule has 3 aromatic rings. The molecule has 7 nitrogen and oxygen atoms in total. The highest BCUT2D eigenvalue weighted by Crippen LogP contribution is 2.25. The number of para-hydroxylation sites is 1. The second-order valence-corrected chi connectivity index (χ2v) is 12.1. The zero-order chi connectivity index (χ0) is 27.8. The van der Waals surface area contributed by atoms with Crippen molar-refractivity contribution >= 4 is 39.1 Å². The van der Waals surface area contributed by atoms with Gasteiger partial charge in [-0.1, -0.05) is 79.4 Å². The van der Waals surface area contributed by atoms with Crippen LogP contribution in [-0.4, -0.2) is 43.8 Å². The summed E-state index contributed by atoms with van der Waals surface area (Å²) < 4.78 is 28.6. The van der Waals surface area contributed by atoms with Crippen LogP contribution < -0.4 is 9.62 Å². The van der Waals surface area contributed by atoms with Crippen molar-refractivity contribution in [2.75, 3.05) is 10.8 Å². The zero-order valence-electron chi connectivity index (χ0n) is 22.0. The Morgan fingerprint density at radius 3 is 2.10 bits per heavy atom. The molecule has 39 heavy (non-hydrogen) atoms. The van der Waals surface area contributed by atoms with Crippen molar-refractivity contribution in [1.82, 2.24) is 10.2 Å². The second kappa shape index (κ2) is 13.1. The molecule has 1 fully saturated rings. The summed E-state index contributed by atoms with van der Waals surface area (Å²) in [5.74, 6) is -0.718. The number of amides is 2. The summed E-state index contributed by atoms with van der Waals surface area (Å²) in [5, 5.41) is 3.51. The standard InChI is InChI=1S/C30H34ClN3O4S/c1-23(30(36)32-26-13-7-3-8-14-26)33(21-24-11-5-2-6-12-24)29(35)22-34(27-15-9-4-10-16-27)39(37,38)28-19-17-25(31)18-20-28/h2,4-6,9-12,15-20,23,26H,3,7-8,13-14,21-22H2,1H3,(H,32,36). The Kier molecular flexibility index (Phi) is 9.64. The number of rotatable bonds is 10. The molecular weight excluding hydrogens is 534 g/mol. The van der Waals surface area contributed by atoms with Gasteiger partial charge in [0.05, 0.1) is 10.6 Å². The van der Waals surface area contributed by atoms with Crippen LogP contribution in [0.2, 0.25) is 5.02 Å². The Morgan fingerprint density at radius 2 is 1.49 bits per heavy atom. The Labute approximate surface area is 235 Å². The van der Waals surface area contributed by atoms with E-state index >= 15 is 0 Å². The summed E-state index contributed by atoms with van der Waals surface area (Å²) >= 11 is 5.99. The van der Waals surface area contributed by atoms with Gasteiger partial charge in [0, 0.05) is 17.6 Å². The lowest BCUT2D eigenvalue weighted by molar-refractivity contribution is -0.139. The molecule has 2 amide bonds. The Morgan fingerprint density at radius 1 is 0.897 bits per heavy atom. The van der Waals surface area contributed by atoms with Crippen LogP contribution in [0.25, 0.3) is 0 Å². The Bertz CT molecular complexity index is 1350. The third-order valence-electron chi connectivity index (χ3n) is 7.04. The number of carbonyl (C=O) groups is 2. The molecule has 0 aliphatic heterocycles. The summed E-state index contributed by atoms with van der Waals surface area (Å²) in [4.78, 5) is 28.7. The first-order chi connectivity index (χ1) is 18.8. The number of nitrogens with one attached hydrogen (secondary N) is 1. The lowest BCUT2D eigenvalue weighted by atomic mass is 9.95. The lowest BCUT2D eigenvalue weighted by Gasteiger charge is -2.33. The van der Waals surface area contributed by atoms with Gasteiger partial charge in [0.15, 0.2) is 0 Å². The zero-order valence-corrected chi connectivity index (χ0v) is 23.6. The Balaban J connectivity index is 1.64. The molecule has 1 N–H and O–H groups in total. The highest BCUT2D eigenvalue weighted by Gasteiger charge is 2.33. The average molecular weight is 568 g/mol. The fraction of sp³-hybridized carbons (Fsp3) is 0.333. The van der Waals surface area contributed by atoms with E-state index in [0.717, 1.165) is 42.0 Å². The second-order valence-electron chi connectivity index (χ2n) is 9.83. The average Bonchev–Trinajstić information content (AvgIpc) is 2.96. The normalized spacial score (nSPS) is 14.8. The van der Waals surface area contributed by atoms with Crippen LogP contribution in [-0.2, 0) is 26.2 Å². The maximum absolute atomic E-state index is 13.9. The van der Waals surface area contributed by atoms with Crippen LogP contribution in [0.4, 0.5) is 5.69 Å². The van der Waals surface area contributed by atoms with Crippen LogP contribution in [0, 0.1) is 0 Å². The van der Waals surface area contributed by atoms with E-state index in [0.29, 0.717) is 10.7 Å². The maximum atomic E-state index is 13.9. The van der Waals surface area contributed by atoms with Gasteiger partial charge < -0.3 is 10.2 Å². The SMILES string of the molecule is CC(C(=O)NC1CCCCC1)N(Cc1ccccc1)C(=O)CN(c1ccccc1)S(=O)(=O)c1ccc(Cl)cc1. The predicted octanol–water partition coefficient (Wildman–Crippen LogP) is 5.40. The van der Waals surface area contributed by atoms with E-state index in [-0.39, 0.29) is 23.4 Å². The summed E-state index contributed by atoms with van der Waals surface area (Å²) in [6.45, 7) is 1.39. The van der Waals surface area contributed by atoms with Gasteiger partial charge in [-0.3, -0.25) is 13.9 Å². The first-order valence-electron chi connectivity index (χ1n) is 13.2. The molecule has 3 aromatic carbocycles. The molecule has 0 radical (unpaired) electrons. The van der Waals surface area contributed by atoms with E-state index in [9.17, 15) is 18.0 Å². The summed E-state index contributed by atoms with van der Waals surface area (Å²) in [5.41, 5.74) is 1.19.